The molecule has 1 aromatic rings. The molecule has 2 rings (SSSR count). The zero-order chi connectivity index (χ0) is 22.9. The second-order valence-electron chi connectivity index (χ2n) is 7.92. The number of carbonyl (C=O) groups is 1. The Labute approximate surface area is 176 Å². The zero-order valence-corrected chi connectivity index (χ0v) is 19.6. The molecule has 6 atom stereocenters. The van der Waals surface area contributed by atoms with Crippen molar-refractivity contribution in [2.24, 2.45) is 0 Å². The van der Waals surface area contributed by atoms with Crippen molar-refractivity contribution in [3.05, 3.63) is 27.8 Å². The van der Waals surface area contributed by atoms with E-state index in [-0.39, 0.29) is 12.7 Å². The number of alkyl halides is 1. The highest BCUT2D eigenvalue weighted by atomic mass is 31.2. The predicted molar refractivity (Wildman–Crippen MR) is 116 cm³/mol. The van der Waals surface area contributed by atoms with E-state index >= 15 is 4.39 Å². The quantitative estimate of drug-likeness (QED) is 0.396. The van der Waals surface area contributed by atoms with Crippen molar-refractivity contribution < 1.29 is 28.3 Å². The number of rotatable bonds is 8. The van der Waals surface area contributed by atoms with Gasteiger partial charge in [-0.1, -0.05) is 15.2 Å². The molecule has 1 saturated heterocycles. The summed E-state index contributed by atoms with van der Waals surface area (Å²) in [7, 11) is 0.663. The van der Waals surface area contributed by atoms with Crippen LogP contribution in [-0.2, 0) is 18.8 Å². The Morgan fingerprint density at radius 1 is 1.57 bits per heavy atom. The number of aliphatic hydroxyl groups is 1. The Morgan fingerprint density at radius 2 is 2.20 bits per heavy atom. The van der Waals surface area contributed by atoms with Crippen molar-refractivity contribution in [1.29, 1.82) is 0 Å². The highest BCUT2D eigenvalue weighted by molar-refractivity contribution is 7.66. The van der Waals surface area contributed by atoms with E-state index in [1.165, 1.54) is 12.3 Å². The number of aromatic nitrogens is 2. The molecule has 0 radical (unpaired) electrons. The lowest BCUT2D eigenvalue weighted by Gasteiger charge is -2.27. The monoisotopic (exact) mass is 465 g/mol. The number of hydrogen-bond acceptors (Lipinski definition) is 7. The van der Waals surface area contributed by atoms with Gasteiger partial charge in [0.2, 0.25) is 0 Å². The van der Waals surface area contributed by atoms with Crippen LogP contribution in [0.25, 0.3) is 0 Å². The van der Waals surface area contributed by atoms with Gasteiger partial charge in [-0.25, -0.2) is 9.18 Å². The van der Waals surface area contributed by atoms with Crippen LogP contribution in [0.3, 0.4) is 0 Å². The first-order valence-electron chi connectivity index (χ1n) is 9.47. The fourth-order valence-corrected chi connectivity index (χ4v) is 4.71. The van der Waals surface area contributed by atoms with Crippen molar-refractivity contribution in [1.82, 2.24) is 14.6 Å². The van der Waals surface area contributed by atoms with Gasteiger partial charge in [-0.3, -0.25) is 14.4 Å². The maximum Gasteiger partial charge on any atom is 0.328 e. The lowest BCUT2D eigenvalue weighted by atomic mass is 9.98. The number of H-pyrrole nitrogens is 1. The van der Waals surface area contributed by atoms with Crippen LogP contribution >= 0.6 is 16.1 Å². The molecular weight excluding hydrogens is 435 g/mol. The van der Waals surface area contributed by atoms with Gasteiger partial charge in [-0.2, -0.15) is 0 Å². The van der Waals surface area contributed by atoms with Crippen LogP contribution in [-0.4, -0.2) is 70.2 Å². The molecule has 0 bridgehead atoms. The second-order valence-corrected chi connectivity index (χ2v) is 11.2. The van der Waals surface area contributed by atoms with E-state index in [1.54, 1.807) is 27.4 Å². The van der Waals surface area contributed by atoms with Gasteiger partial charge in [0.15, 0.2) is 11.9 Å². The number of aromatic amines is 1. The summed E-state index contributed by atoms with van der Waals surface area (Å²) < 4.78 is 32.8. The van der Waals surface area contributed by atoms with Gasteiger partial charge in [0.05, 0.1) is 25.0 Å². The van der Waals surface area contributed by atoms with E-state index in [1.807, 2.05) is 0 Å². The third-order valence-corrected chi connectivity index (χ3v) is 6.49. The number of hydrogen-bond donors (Lipinski definition) is 3. The highest BCUT2D eigenvalue weighted by Crippen LogP contribution is 2.43. The lowest BCUT2D eigenvalue weighted by molar-refractivity contribution is -0.148. The molecule has 2 heterocycles. The molecule has 30 heavy (non-hydrogen) atoms. The van der Waals surface area contributed by atoms with Crippen molar-refractivity contribution in [3.8, 4) is 0 Å². The van der Waals surface area contributed by atoms with Crippen LogP contribution in [0.4, 0.5) is 4.39 Å². The summed E-state index contributed by atoms with van der Waals surface area (Å²) in [4.78, 5) is 26.6. The first kappa shape index (κ1) is 25.0. The van der Waals surface area contributed by atoms with E-state index in [4.69, 9.17) is 14.0 Å². The molecule has 170 valence electrons. The molecule has 1 aromatic heterocycles. The number of ether oxygens (including phenoxy) is 2. The zero-order valence-electron chi connectivity index (χ0n) is 17.7. The largest absolute Gasteiger partial charge is 0.462 e. The molecular formula is C18H30FN3O6P2. The van der Waals surface area contributed by atoms with Gasteiger partial charge in [0.1, 0.15) is 18.2 Å². The fraction of sp³-hybridized carbons (Fsp3) is 0.667. The summed E-state index contributed by atoms with van der Waals surface area (Å²) in [5, 5.41) is 13.8. The predicted octanol–water partition coefficient (Wildman–Crippen LogP) is 1.69. The minimum Gasteiger partial charge on any atom is -0.462 e. The van der Waals surface area contributed by atoms with E-state index in [0.717, 1.165) is 11.5 Å². The molecule has 9 nitrogen and oxygen atoms in total. The van der Waals surface area contributed by atoms with Gasteiger partial charge in [-0.05, 0) is 40.4 Å². The molecule has 1 aliphatic rings. The summed E-state index contributed by atoms with van der Waals surface area (Å²) in [5.41, 5.74) is -2.84. The van der Waals surface area contributed by atoms with E-state index in [0.29, 0.717) is 5.07 Å². The number of nitrogens with one attached hydrogen (secondary N) is 2. The highest BCUT2D eigenvalue weighted by Gasteiger charge is 2.55. The number of aliphatic hydroxyl groups excluding tert-OH is 1. The molecule has 0 aliphatic carbocycles. The maximum atomic E-state index is 15.2. The van der Waals surface area contributed by atoms with Gasteiger partial charge in [0, 0.05) is 6.20 Å². The normalized spacial score (nSPS) is 29.5. The number of halogens is 1. The van der Waals surface area contributed by atoms with Crippen LogP contribution < -0.4 is 10.8 Å². The van der Waals surface area contributed by atoms with Crippen molar-refractivity contribution >= 4 is 28.4 Å². The average molecular weight is 465 g/mol. The lowest BCUT2D eigenvalue weighted by Crippen LogP contribution is -2.43. The summed E-state index contributed by atoms with van der Waals surface area (Å²) in [6.07, 6.45) is 1.15. The average Bonchev–Trinajstić information content (AvgIpc) is 2.82. The molecule has 0 spiro atoms. The summed E-state index contributed by atoms with van der Waals surface area (Å²) >= 11 is 0. The van der Waals surface area contributed by atoms with Crippen LogP contribution in [0.2, 0.25) is 0 Å². The minimum absolute atomic E-state index is 0.182. The van der Waals surface area contributed by atoms with Crippen LogP contribution in [0.5, 0.6) is 0 Å². The maximum absolute atomic E-state index is 15.2. The van der Waals surface area contributed by atoms with Crippen LogP contribution in [0.1, 0.15) is 33.9 Å². The van der Waals surface area contributed by atoms with Crippen LogP contribution in [0, 0.1) is 5.07 Å². The fourth-order valence-electron chi connectivity index (χ4n) is 3.05. The van der Waals surface area contributed by atoms with E-state index in [9.17, 15) is 14.7 Å². The van der Waals surface area contributed by atoms with Crippen LogP contribution in [0.15, 0.2) is 17.1 Å². The molecule has 0 aromatic carbocycles. The number of carbonyl (C=O) groups excluding carboxylic acids is 1. The molecule has 1 fully saturated rings. The standard InChI is InChI=1S/C18H30FN3O6P2/c1-10(2)27-15(24)11(3)21-30(5,6)26-9-12-14(23)18(4,19)16(28-12)22-8-7-13(29)20-17(22)25/h7-8,10-12,14,16,21,23,29H,5,9H2,1-4,6H3,(H,20,25)/t11-,12?,14+,16?,18+,30?/m0/s1. The second kappa shape index (κ2) is 9.47. The summed E-state index contributed by atoms with van der Waals surface area (Å²) in [6, 6.07) is 0.863. The Balaban J connectivity index is 2.06. The Bertz CT molecular complexity index is 931. The van der Waals surface area contributed by atoms with E-state index < -0.39 is 49.1 Å². The van der Waals surface area contributed by atoms with Gasteiger partial charge >= 0.3 is 11.7 Å². The molecule has 0 amide bonds. The molecule has 0 saturated carbocycles. The Kier molecular flexibility index (Phi) is 7.89. The van der Waals surface area contributed by atoms with Gasteiger partial charge in [0.25, 0.3) is 0 Å². The third kappa shape index (κ3) is 5.90. The topological polar surface area (TPSA) is 115 Å². The minimum atomic E-state index is -2.52. The van der Waals surface area contributed by atoms with E-state index in [2.05, 4.69) is 25.2 Å². The van der Waals surface area contributed by atoms with Gasteiger partial charge < -0.3 is 24.1 Å². The molecule has 1 aliphatic heterocycles. The first-order valence-corrected chi connectivity index (χ1v) is 12.3. The van der Waals surface area contributed by atoms with Gasteiger partial charge in [-0.15, -0.1) is 0 Å². The smallest absolute Gasteiger partial charge is 0.328 e. The Hall–Kier alpha value is -1.28. The Morgan fingerprint density at radius 3 is 2.77 bits per heavy atom. The molecule has 3 unspecified atom stereocenters. The molecule has 3 N–H and O–H groups in total. The first-order chi connectivity index (χ1) is 13.7. The molecule has 12 heteroatoms. The number of esters is 1. The third-order valence-electron chi connectivity index (χ3n) is 4.54. The SMILES string of the molecule is C=P(C)(N[C@@H](C)C(=O)OC(C)C)OCC1OC(n2ccc(=P)[nH]c2=O)[C@](C)(F)[C@@H]1O. The summed E-state index contributed by atoms with van der Waals surface area (Å²) in [5.74, 6) is -0.442. The van der Waals surface area contributed by atoms with Crippen molar-refractivity contribution in [2.45, 2.75) is 63.9 Å². The van der Waals surface area contributed by atoms with Crippen molar-refractivity contribution in [2.75, 3.05) is 13.3 Å². The number of nitrogens with zero attached hydrogens (tertiary/aromatic N) is 1. The van der Waals surface area contributed by atoms with Crippen molar-refractivity contribution in [3.63, 3.8) is 0 Å². The summed E-state index contributed by atoms with van der Waals surface area (Å²) in [6.45, 7) is 7.79.